The zero-order valence-corrected chi connectivity index (χ0v) is 10.1. The van der Waals surface area contributed by atoms with Gasteiger partial charge in [-0.05, 0) is 18.6 Å². The average molecular weight is 241 g/mol. The van der Waals surface area contributed by atoms with Crippen LogP contribution in [0.25, 0.3) is 0 Å². The molecule has 0 amide bonds. The summed E-state index contributed by atoms with van der Waals surface area (Å²) >= 11 is 0. The number of hydrogen-bond donors (Lipinski definition) is 1. The molecule has 0 spiro atoms. The molecular formula is C11H15NO3S. The van der Waals surface area contributed by atoms with Gasteiger partial charge in [0.2, 0.25) is 0 Å². The predicted molar refractivity (Wildman–Crippen MR) is 64.1 cm³/mol. The van der Waals surface area contributed by atoms with Crippen LogP contribution in [0.15, 0.2) is 24.3 Å². The Balaban J connectivity index is 3.11. The molecule has 0 heterocycles. The van der Waals surface area contributed by atoms with Gasteiger partial charge in [-0.25, -0.2) is 8.42 Å². The molecule has 0 fully saturated rings. The van der Waals surface area contributed by atoms with Crippen LogP contribution in [0.2, 0.25) is 0 Å². The molecule has 0 radical (unpaired) electrons. The van der Waals surface area contributed by atoms with Crippen molar-refractivity contribution in [3.63, 3.8) is 0 Å². The van der Waals surface area contributed by atoms with Gasteiger partial charge in [-0.2, -0.15) is 0 Å². The molecule has 0 saturated heterocycles. The first-order chi connectivity index (χ1) is 7.36. The lowest BCUT2D eigenvalue weighted by Crippen LogP contribution is -2.28. The van der Waals surface area contributed by atoms with E-state index in [2.05, 4.69) is 0 Å². The van der Waals surface area contributed by atoms with Gasteiger partial charge in [0, 0.05) is 17.5 Å². The van der Waals surface area contributed by atoms with Crippen LogP contribution < -0.4 is 5.73 Å². The van der Waals surface area contributed by atoms with Crippen LogP contribution in [0.1, 0.15) is 23.7 Å². The van der Waals surface area contributed by atoms with Gasteiger partial charge < -0.3 is 5.73 Å². The molecule has 1 aromatic carbocycles. The Kier molecular flexibility index (Phi) is 3.70. The fourth-order valence-electron chi connectivity index (χ4n) is 1.56. The second-order valence-corrected chi connectivity index (χ2v) is 5.94. The second kappa shape index (κ2) is 4.65. The first-order valence-corrected chi connectivity index (χ1v) is 6.90. The molecule has 1 rings (SSSR count). The fraction of sp³-hybridized carbons (Fsp3) is 0.364. The van der Waals surface area contributed by atoms with Gasteiger partial charge in [-0.15, -0.1) is 0 Å². The second-order valence-electron chi connectivity index (χ2n) is 3.72. The molecule has 1 aromatic rings. The Hall–Kier alpha value is -1.36. The molecular weight excluding hydrogens is 226 g/mol. The monoisotopic (exact) mass is 241 g/mol. The van der Waals surface area contributed by atoms with Crippen LogP contribution in [0, 0.1) is 0 Å². The summed E-state index contributed by atoms with van der Waals surface area (Å²) in [6.45, 7) is 1.68. The number of sulfone groups is 1. The van der Waals surface area contributed by atoms with Gasteiger partial charge in [-0.1, -0.05) is 19.1 Å². The molecule has 0 aliphatic rings. The number of benzene rings is 1. The Morgan fingerprint density at radius 2 is 2.06 bits per heavy atom. The zero-order chi connectivity index (χ0) is 12.3. The van der Waals surface area contributed by atoms with Crippen LogP contribution in [-0.2, 0) is 9.84 Å². The number of anilines is 1. The maximum absolute atomic E-state index is 11.9. The van der Waals surface area contributed by atoms with E-state index in [0.29, 0.717) is 11.3 Å². The van der Waals surface area contributed by atoms with Gasteiger partial charge in [0.05, 0.1) is 0 Å². The molecule has 4 nitrogen and oxygen atoms in total. The molecule has 0 saturated carbocycles. The lowest BCUT2D eigenvalue weighted by Gasteiger charge is -2.11. The summed E-state index contributed by atoms with van der Waals surface area (Å²) < 4.78 is 22.8. The molecule has 0 aliphatic carbocycles. The third-order valence-corrected chi connectivity index (χ3v) is 3.93. The highest BCUT2D eigenvalue weighted by molar-refractivity contribution is 7.92. The highest BCUT2D eigenvalue weighted by Crippen LogP contribution is 2.15. The van der Waals surface area contributed by atoms with Crippen molar-refractivity contribution < 1.29 is 13.2 Å². The molecule has 0 bridgehead atoms. The van der Waals surface area contributed by atoms with Gasteiger partial charge in [0.1, 0.15) is 5.25 Å². The van der Waals surface area contributed by atoms with Crippen molar-refractivity contribution in [2.45, 2.75) is 18.6 Å². The summed E-state index contributed by atoms with van der Waals surface area (Å²) in [7, 11) is -3.37. The van der Waals surface area contributed by atoms with Crippen LogP contribution in [0.5, 0.6) is 0 Å². The smallest absolute Gasteiger partial charge is 0.181 e. The number of rotatable bonds is 4. The van der Waals surface area contributed by atoms with E-state index in [0.717, 1.165) is 6.26 Å². The first kappa shape index (κ1) is 12.7. The van der Waals surface area contributed by atoms with Gasteiger partial charge in [-0.3, -0.25) is 4.79 Å². The molecule has 1 atom stereocenters. The summed E-state index contributed by atoms with van der Waals surface area (Å²) in [6.07, 6.45) is 1.35. The van der Waals surface area contributed by atoms with Crippen LogP contribution in [-0.4, -0.2) is 25.7 Å². The van der Waals surface area contributed by atoms with Gasteiger partial charge >= 0.3 is 0 Å². The SMILES string of the molecule is CCC(C(=O)c1cccc(N)c1)S(C)(=O)=O. The third kappa shape index (κ3) is 2.82. The lowest BCUT2D eigenvalue weighted by molar-refractivity contribution is 0.0985. The van der Waals surface area contributed by atoms with Crippen molar-refractivity contribution in [3.05, 3.63) is 29.8 Å². The molecule has 88 valence electrons. The predicted octanol–water partition coefficient (Wildman–Crippen LogP) is 1.27. The lowest BCUT2D eigenvalue weighted by atomic mass is 10.1. The number of Topliss-reactive ketones (excluding diaryl/α,β-unsaturated/α-hetero) is 1. The molecule has 1 unspecified atom stereocenters. The number of nitrogens with two attached hydrogens (primary N) is 1. The number of carbonyl (C=O) groups is 1. The van der Waals surface area contributed by atoms with Crippen LogP contribution >= 0.6 is 0 Å². The van der Waals surface area contributed by atoms with Crippen LogP contribution in [0.4, 0.5) is 5.69 Å². The van der Waals surface area contributed by atoms with Crippen molar-refractivity contribution in [1.29, 1.82) is 0 Å². The van der Waals surface area contributed by atoms with E-state index in [1.807, 2.05) is 0 Å². The Bertz CT molecular complexity index is 494. The molecule has 5 heteroatoms. The maximum Gasteiger partial charge on any atom is 0.181 e. The first-order valence-electron chi connectivity index (χ1n) is 4.95. The molecule has 0 aliphatic heterocycles. The maximum atomic E-state index is 11.9. The van der Waals surface area contributed by atoms with E-state index in [1.54, 1.807) is 25.1 Å². The van der Waals surface area contributed by atoms with E-state index < -0.39 is 20.9 Å². The summed E-state index contributed by atoms with van der Waals surface area (Å²) in [6, 6.07) is 6.36. The quantitative estimate of drug-likeness (QED) is 0.636. The van der Waals surface area contributed by atoms with E-state index >= 15 is 0 Å². The molecule has 0 aromatic heterocycles. The minimum Gasteiger partial charge on any atom is -0.399 e. The number of carbonyl (C=O) groups excluding carboxylic acids is 1. The number of hydrogen-bond acceptors (Lipinski definition) is 4. The topological polar surface area (TPSA) is 77.2 Å². The van der Waals surface area contributed by atoms with E-state index in [-0.39, 0.29) is 6.42 Å². The third-order valence-electron chi connectivity index (χ3n) is 2.35. The fourth-order valence-corrected chi connectivity index (χ4v) is 2.69. The number of ketones is 1. The summed E-state index contributed by atoms with van der Waals surface area (Å²) in [5, 5.41) is -0.978. The zero-order valence-electron chi connectivity index (χ0n) is 9.30. The minimum atomic E-state index is -3.37. The van der Waals surface area contributed by atoms with Crippen molar-refractivity contribution in [2.75, 3.05) is 12.0 Å². The summed E-state index contributed by atoms with van der Waals surface area (Å²) in [5.74, 6) is -0.391. The van der Waals surface area contributed by atoms with Crippen molar-refractivity contribution in [2.24, 2.45) is 0 Å². The van der Waals surface area contributed by atoms with Crippen molar-refractivity contribution >= 4 is 21.3 Å². The highest BCUT2D eigenvalue weighted by atomic mass is 32.2. The van der Waals surface area contributed by atoms with Crippen LogP contribution in [0.3, 0.4) is 0 Å². The Labute approximate surface area is 95.4 Å². The average Bonchev–Trinajstić information content (AvgIpc) is 2.16. The van der Waals surface area contributed by atoms with E-state index in [9.17, 15) is 13.2 Å². The van der Waals surface area contributed by atoms with Crippen molar-refractivity contribution in [1.82, 2.24) is 0 Å². The highest BCUT2D eigenvalue weighted by Gasteiger charge is 2.27. The minimum absolute atomic E-state index is 0.270. The van der Waals surface area contributed by atoms with Crippen molar-refractivity contribution in [3.8, 4) is 0 Å². The Morgan fingerprint density at radius 3 is 2.50 bits per heavy atom. The Morgan fingerprint density at radius 1 is 1.44 bits per heavy atom. The normalized spacial score (nSPS) is 13.4. The largest absolute Gasteiger partial charge is 0.399 e. The number of nitrogen functional groups attached to an aromatic ring is 1. The standard InChI is InChI=1S/C11H15NO3S/c1-3-10(16(2,14)15)11(13)8-5-4-6-9(12)7-8/h4-7,10H,3,12H2,1-2H3. The summed E-state index contributed by atoms with van der Waals surface area (Å²) in [4.78, 5) is 11.9. The van der Waals surface area contributed by atoms with Gasteiger partial charge in [0.25, 0.3) is 0 Å². The van der Waals surface area contributed by atoms with Gasteiger partial charge in [0.15, 0.2) is 15.6 Å². The molecule has 16 heavy (non-hydrogen) atoms. The summed E-state index contributed by atoms with van der Waals surface area (Å²) in [5.41, 5.74) is 6.34. The van der Waals surface area contributed by atoms with E-state index in [4.69, 9.17) is 5.73 Å². The van der Waals surface area contributed by atoms with E-state index in [1.165, 1.54) is 6.07 Å². The molecule has 2 N–H and O–H groups in total.